The van der Waals surface area contributed by atoms with Gasteiger partial charge in [-0.1, -0.05) is 0 Å². The van der Waals surface area contributed by atoms with Gasteiger partial charge in [-0.3, -0.25) is 9.78 Å². The Morgan fingerprint density at radius 3 is 2.58 bits per heavy atom. The average Bonchev–Trinajstić information content (AvgIpc) is 2.43. The molecule has 0 saturated carbocycles. The van der Waals surface area contributed by atoms with Crippen LogP contribution in [0.15, 0.2) is 27.5 Å². The molecule has 0 fully saturated rings. The molecule has 0 saturated heterocycles. The van der Waals surface area contributed by atoms with Crippen LogP contribution in [0.25, 0.3) is 0 Å². The number of carbonyl (C=O) groups is 1. The molecule has 1 amide bonds. The fraction of sp³-hybridized carbons (Fsp3) is 0.167. The number of nitrogens with zero attached hydrogens (tertiary/aromatic N) is 3. The minimum Gasteiger partial charge on any atom is -0.304 e. The van der Waals surface area contributed by atoms with E-state index in [1.807, 2.05) is 13.8 Å². The third kappa shape index (κ3) is 2.98. The van der Waals surface area contributed by atoms with Crippen molar-refractivity contribution in [3.05, 3.63) is 44.5 Å². The van der Waals surface area contributed by atoms with Crippen molar-refractivity contribution >= 4 is 43.6 Å². The Balaban J connectivity index is 2.32. The predicted molar refractivity (Wildman–Crippen MR) is 79.1 cm³/mol. The highest BCUT2D eigenvalue weighted by molar-refractivity contribution is 9.11. The van der Waals surface area contributed by atoms with Gasteiger partial charge in [-0.05, 0) is 51.3 Å². The summed E-state index contributed by atoms with van der Waals surface area (Å²) >= 11 is 6.87. The van der Waals surface area contributed by atoms with Crippen LogP contribution in [0.2, 0.25) is 0 Å². The van der Waals surface area contributed by atoms with Gasteiger partial charge in [-0.25, -0.2) is 9.97 Å². The average molecular weight is 386 g/mol. The number of amides is 1. The molecule has 0 bridgehead atoms. The summed E-state index contributed by atoms with van der Waals surface area (Å²) in [6.45, 7) is 3.79. The quantitative estimate of drug-likeness (QED) is 0.861. The second-order valence-electron chi connectivity index (χ2n) is 3.84. The van der Waals surface area contributed by atoms with Crippen molar-refractivity contribution in [2.45, 2.75) is 13.8 Å². The first-order chi connectivity index (χ1) is 9.00. The van der Waals surface area contributed by atoms with Crippen LogP contribution in [-0.4, -0.2) is 20.9 Å². The van der Waals surface area contributed by atoms with E-state index in [0.29, 0.717) is 5.82 Å². The first-order valence-corrected chi connectivity index (χ1v) is 6.99. The number of halogens is 2. The highest BCUT2D eigenvalue weighted by atomic mass is 79.9. The van der Waals surface area contributed by atoms with E-state index in [1.165, 1.54) is 18.6 Å². The molecule has 19 heavy (non-hydrogen) atoms. The molecular formula is C12H10Br2N4O. The number of nitrogens with one attached hydrogen (secondary N) is 1. The van der Waals surface area contributed by atoms with Crippen molar-refractivity contribution in [1.82, 2.24) is 15.0 Å². The molecule has 0 aliphatic heterocycles. The largest absolute Gasteiger partial charge is 0.304 e. The number of carbonyl (C=O) groups excluding carboxylic acids is 1. The van der Waals surface area contributed by atoms with Gasteiger partial charge in [-0.2, -0.15) is 0 Å². The monoisotopic (exact) mass is 384 g/mol. The van der Waals surface area contributed by atoms with Gasteiger partial charge >= 0.3 is 0 Å². The molecule has 1 N–H and O–H groups in total. The molecule has 7 heteroatoms. The molecule has 2 aromatic rings. The van der Waals surface area contributed by atoms with E-state index < -0.39 is 0 Å². The highest BCUT2D eigenvalue weighted by Gasteiger charge is 2.15. The molecule has 0 atom stereocenters. The number of hydrogen-bond acceptors (Lipinski definition) is 4. The standard InChI is InChI=1S/C12H10Br2N4O/c1-6-9(13)7(2)17-11(10(6)14)18-12(19)8-5-15-3-4-16-8/h3-5H,1-2H3,(H,17,18,19). The molecule has 5 nitrogen and oxygen atoms in total. The summed E-state index contributed by atoms with van der Waals surface area (Å²) in [4.78, 5) is 24.1. The second-order valence-corrected chi connectivity index (χ2v) is 5.43. The van der Waals surface area contributed by atoms with Crippen molar-refractivity contribution < 1.29 is 4.79 Å². The lowest BCUT2D eigenvalue weighted by Crippen LogP contribution is -2.16. The predicted octanol–water partition coefficient (Wildman–Crippen LogP) is 3.27. The molecule has 2 rings (SSSR count). The maximum absolute atomic E-state index is 12.0. The first kappa shape index (κ1) is 14.1. The molecule has 2 heterocycles. The molecule has 0 unspecified atom stereocenters. The minimum absolute atomic E-state index is 0.245. The summed E-state index contributed by atoms with van der Waals surface area (Å²) in [5, 5.41) is 2.72. The van der Waals surface area contributed by atoms with Gasteiger partial charge < -0.3 is 5.32 Å². The summed E-state index contributed by atoms with van der Waals surface area (Å²) in [6.07, 6.45) is 4.39. The van der Waals surface area contributed by atoms with Gasteiger partial charge in [0.15, 0.2) is 0 Å². The van der Waals surface area contributed by atoms with Crippen molar-refractivity contribution in [2.75, 3.05) is 5.32 Å². The fourth-order valence-corrected chi connectivity index (χ4v) is 2.42. The number of rotatable bonds is 2. The Hall–Kier alpha value is -1.34. The lowest BCUT2D eigenvalue weighted by atomic mass is 10.2. The van der Waals surface area contributed by atoms with Crippen LogP contribution >= 0.6 is 31.9 Å². The zero-order valence-corrected chi connectivity index (χ0v) is 13.4. The Kier molecular flexibility index (Phi) is 4.26. The normalized spacial score (nSPS) is 10.3. The fourth-order valence-electron chi connectivity index (χ4n) is 1.48. The van der Waals surface area contributed by atoms with Crippen LogP contribution in [0.1, 0.15) is 21.7 Å². The SMILES string of the molecule is Cc1nc(NC(=O)c2cnccn2)c(Br)c(C)c1Br. The van der Waals surface area contributed by atoms with Crippen molar-refractivity contribution in [3.63, 3.8) is 0 Å². The van der Waals surface area contributed by atoms with E-state index in [0.717, 1.165) is 20.2 Å². The van der Waals surface area contributed by atoms with E-state index >= 15 is 0 Å². The van der Waals surface area contributed by atoms with Gasteiger partial charge in [0, 0.05) is 16.9 Å². The molecular weight excluding hydrogens is 376 g/mol. The Labute approximate surface area is 127 Å². The van der Waals surface area contributed by atoms with E-state index in [4.69, 9.17) is 0 Å². The zero-order chi connectivity index (χ0) is 14.0. The smallest absolute Gasteiger partial charge is 0.277 e. The molecule has 0 radical (unpaired) electrons. The van der Waals surface area contributed by atoms with Crippen LogP contribution in [0.4, 0.5) is 5.82 Å². The molecule has 2 aromatic heterocycles. The van der Waals surface area contributed by atoms with Crippen LogP contribution < -0.4 is 5.32 Å². The Bertz CT molecular complexity index is 631. The highest BCUT2D eigenvalue weighted by Crippen LogP contribution is 2.31. The van der Waals surface area contributed by atoms with Crippen LogP contribution in [0, 0.1) is 13.8 Å². The van der Waals surface area contributed by atoms with Crippen LogP contribution in [0.3, 0.4) is 0 Å². The van der Waals surface area contributed by atoms with E-state index in [1.54, 1.807) is 0 Å². The van der Waals surface area contributed by atoms with E-state index in [-0.39, 0.29) is 11.6 Å². The van der Waals surface area contributed by atoms with Crippen molar-refractivity contribution in [3.8, 4) is 0 Å². The van der Waals surface area contributed by atoms with E-state index in [9.17, 15) is 4.79 Å². The van der Waals surface area contributed by atoms with Crippen molar-refractivity contribution in [2.24, 2.45) is 0 Å². The number of anilines is 1. The third-order valence-corrected chi connectivity index (χ3v) is 4.63. The summed E-state index contributed by atoms with van der Waals surface area (Å²) in [6, 6.07) is 0. The van der Waals surface area contributed by atoms with Gasteiger partial charge in [0.2, 0.25) is 0 Å². The van der Waals surface area contributed by atoms with Gasteiger partial charge in [0.05, 0.1) is 16.4 Å². The van der Waals surface area contributed by atoms with Gasteiger partial charge in [0.25, 0.3) is 5.91 Å². The summed E-state index contributed by atoms with van der Waals surface area (Å²) in [5.41, 5.74) is 2.02. The third-order valence-electron chi connectivity index (χ3n) is 2.49. The summed E-state index contributed by atoms with van der Waals surface area (Å²) < 4.78 is 1.65. The van der Waals surface area contributed by atoms with Crippen LogP contribution in [-0.2, 0) is 0 Å². The molecule has 0 aromatic carbocycles. The first-order valence-electron chi connectivity index (χ1n) is 5.40. The number of aryl methyl sites for hydroxylation is 1. The van der Waals surface area contributed by atoms with E-state index in [2.05, 4.69) is 52.1 Å². The minimum atomic E-state index is -0.345. The number of pyridine rings is 1. The molecule has 0 aliphatic rings. The number of hydrogen-bond donors (Lipinski definition) is 1. The Morgan fingerprint density at radius 2 is 1.95 bits per heavy atom. The molecule has 98 valence electrons. The lowest BCUT2D eigenvalue weighted by Gasteiger charge is -2.11. The summed E-state index contributed by atoms with van der Waals surface area (Å²) in [5.74, 6) is 0.122. The molecule has 0 spiro atoms. The zero-order valence-electron chi connectivity index (χ0n) is 10.2. The van der Waals surface area contributed by atoms with Gasteiger partial charge in [0.1, 0.15) is 11.5 Å². The topological polar surface area (TPSA) is 67.8 Å². The maximum atomic E-state index is 12.0. The Morgan fingerprint density at radius 1 is 1.21 bits per heavy atom. The maximum Gasteiger partial charge on any atom is 0.277 e. The number of aromatic nitrogens is 3. The lowest BCUT2D eigenvalue weighted by molar-refractivity contribution is 0.102. The van der Waals surface area contributed by atoms with Crippen molar-refractivity contribution in [1.29, 1.82) is 0 Å². The summed E-state index contributed by atoms with van der Waals surface area (Å²) in [7, 11) is 0. The molecule has 0 aliphatic carbocycles. The van der Waals surface area contributed by atoms with Gasteiger partial charge in [-0.15, -0.1) is 0 Å². The second kappa shape index (κ2) is 5.75. The van der Waals surface area contributed by atoms with Crippen LogP contribution in [0.5, 0.6) is 0 Å².